The summed E-state index contributed by atoms with van der Waals surface area (Å²) < 4.78 is 1.67. The minimum atomic E-state index is -0.152. The van der Waals surface area contributed by atoms with E-state index in [1.807, 2.05) is 25.1 Å². The molecule has 0 fully saturated rings. The smallest absolute Gasteiger partial charge is 0.195 e. The van der Waals surface area contributed by atoms with E-state index in [4.69, 9.17) is 11.5 Å². The van der Waals surface area contributed by atoms with Crippen molar-refractivity contribution >= 4 is 22.8 Å². The molecule has 4 N–H and O–H groups in total. The molecule has 0 radical (unpaired) electrons. The Hall–Kier alpha value is -2.93. The van der Waals surface area contributed by atoms with Crippen molar-refractivity contribution in [1.82, 2.24) is 19.5 Å². The van der Waals surface area contributed by atoms with Gasteiger partial charge in [-0.1, -0.05) is 12.1 Å². The van der Waals surface area contributed by atoms with Crippen LogP contribution in [-0.4, -0.2) is 39.4 Å². The highest BCUT2D eigenvalue weighted by Gasteiger charge is 2.20. The van der Waals surface area contributed by atoms with Gasteiger partial charge in [0.1, 0.15) is 11.8 Å². The fourth-order valence-corrected chi connectivity index (χ4v) is 2.58. The minimum absolute atomic E-state index is 0.152. The van der Waals surface area contributed by atoms with Crippen molar-refractivity contribution < 1.29 is 4.79 Å². The number of nitrogen functional groups attached to an aromatic ring is 2. The lowest BCUT2D eigenvalue weighted by molar-refractivity contribution is 0.104. The summed E-state index contributed by atoms with van der Waals surface area (Å²) >= 11 is 0. The number of carbonyl (C=O) groups is 1. The van der Waals surface area contributed by atoms with Crippen LogP contribution in [0.3, 0.4) is 0 Å². The van der Waals surface area contributed by atoms with Crippen LogP contribution in [0.1, 0.15) is 21.6 Å². The highest BCUT2D eigenvalue weighted by molar-refractivity contribution is 6.15. The molecule has 2 heterocycles. The molecule has 0 atom stereocenters. The van der Waals surface area contributed by atoms with Gasteiger partial charge in [0.15, 0.2) is 11.6 Å². The number of nitrogens with two attached hydrogens (primary N) is 2. The minimum Gasteiger partial charge on any atom is -0.399 e. The maximum absolute atomic E-state index is 12.9. The quantitative estimate of drug-likeness (QED) is 0.554. The van der Waals surface area contributed by atoms with Crippen molar-refractivity contribution in [2.75, 3.05) is 25.6 Å². The summed E-state index contributed by atoms with van der Waals surface area (Å²) in [5.41, 5.74) is 14.7. The molecule has 3 aromatic rings. The number of aromatic nitrogens is 3. The maximum Gasteiger partial charge on any atom is 0.195 e. The molecule has 1 aromatic carbocycles. The number of nitrogens with zero attached hydrogens (tertiary/aromatic N) is 4. The van der Waals surface area contributed by atoms with Gasteiger partial charge in [0.25, 0.3) is 0 Å². The highest BCUT2D eigenvalue weighted by Crippen LogP contribution is 2.24. The number of hydrogen-bond acceptors (Lipinski definition) is 6. The van der Waals surface area contributed by atoms with Crippen LogP contribution >= 0.6 is 0 Å². The van der Waals surface area contributed by atoms with Crippen molar-refractivity contribution in [3.8, 4) is 0 Å². The zero-order chi connectivity index (χ0) is 16.6. The molecule has 3 rings (SSSR count). The van der Waals surface area contributed by atoms with E-state index in [1.54, 1.807) is 28.8 Å². The topological polar surface area (TPSA) is 103 Å². The average Bonchev–Trinajstić information content (AvgIpc) is 2.86. The van der Waals surface area contributed by atoms with Gasteiger partial charge in [-0.3, -0.25) is 4.79 Å². The second-order valence-corrected chi connectivity index (χ2v) is 5.65. The summed E-state index contributed by atoms with van der Waals surface area (Å²) in [5, 5.41) is 4.23. The van der Waals surface area contributed by atoms with Gasteiger partial charge >= 0.3 is 0 Å². The highest BCUT2D eigenvalue weighted by atomic mass is 16.1. The van der Waals surface area contributed by atoms with Crippen molar-refractivity contribution in [2.24, 2.45) is 0 Å². The molecule has 0 amide bonds. The van der Waals surface area contributed by atoms with Gasteiger partial charge in [0.05, 0.1) is 11.3 Å². The Morgan fingerprint density at radius 3 is 2.74 bits per heavy atom. The Morgan fingerprint density at radius 1 is 1.26 bits per heavy atom. The largest absolute Gasteiger partial charge is 0.399 e. The molecule has 0 saturated carbocycles. The molecule has 0 aliphatic carbocycles. The Bertz CT molecular complexity index is 883. The van der Waals surface area contributed by atoms with Gasteiger partial charge in [0.2, 0.25) is 0 Å². The van der Waals surface area contributed by atoms with Gasteiger partial charge in [-0.25, -0.2) is 9.50 Å². The first-order chi connectivity index (χ1) is 11.0. The van der Waals surface area contributed by atoms with Crippen LogP contribution < -0.4 is 11.5 Å². The predicted octanol–water partition coefficient (Wildman–Crippen LogP) is 1.19. The molecular weight excluding hydrogens is 292 g/mol. The van der Waals surface area contributed by atoms with Gasteiger partial charge in [-0.15, -0.1) is 0 Å². The standard InChI is InChI=1S/C16H18N6O/c1-21(2)8-12-7-13(14-16(18)19-9-20-22(12)14)15(23)10-4-3-5-11(17)6-10/h3-7,9H,8,17H2,1-2H3,(H2,18,19,20). The van der Waals surface area contributed by atoms with Crippen LogP contribution in [-0.2, 0) is 6.54 Å². The number of anilines is 2. The van der Waals surface area contributed by atoms with E-state index in [9.17, 15) is 4.79 Å². The molecule has 0 unspecified atom stereocenters. The summed E-state index contributed by atoms with van der Waals surface area (Å²) in [6.07, 6.45) is 1.39. The SMILES string of the molecule is CN(C)Cc1cc(C(=O)c2cccc(N)c2)c2c(N)ncnn12. The molecule has 23 heavy (non-hydrogen) atoms. The van der Waals surface area contributed by atoms with Gasteiger partial charge in [-0.2, -0.15) is 5.10 Å². The summed E-state index contributed by atoms with van der Waals surface area (Å²) in [4.78, 5) is 18.9. The molecule has 7 heteroatoms. The monoisotopic (exact) mass is 310 g/mol. The second-order valence-electron chi connectivity index (χ2n) is 5.65. The van der Waals surface area contributed by atoms with Crippen LogP contribution in [0.15, 0.2) is 36.7 Å². The molecule has 0 bridgehead atoms. The number of ketones is 1. The number of hydrogen-bond donors (Lipinski definition) is 2. The van der Waals surface area contributed by atoms with E-state index in [1.165, 1.54) is 6.33 Å². The van der Waals surface area contributed by atoms with Gasteiger partial charge in [-0.05, 0) is 32.3 Å². The summed E-state index contributed by atoms with van der Waals surface area (Å²) in [5.74, 6) is 0.124. The van der Waals surface area contributed by atoms with Crippen molar-refractivity contribution in [2.45, 2.75) is 6.54 Å². The van der Waals surface area contributed by atoms with E-state index >= 15 is 0 Å². The Kier molecular flexibility index (Phi) is 3.71. The first kappa shape index (κ1) is 15.0. The number of benzene rings is 1. The molecule has 0 spiro atoms. The molecule has 118 valence electrons. The van der Waals surface area contributed by atoms with Crippen LogP contribution in [0.4, 0.5) is 11.5 Å². The van der Waals surface area contributed by atoms with Crippen molar-refractivity contribution in [3.63, 3.8) is 0 Å². The van der Waals surface area contributed by atoms with Crippen LogP contribution in [0.5, 0.6) is 0 Å². The van der Waals surface area contributed by atoms with Crippen LogP contribution in [0, 0.1) is 0 Å². The van der Waals surface area contributed by atoms with E-state index in [0.29, 0.717) is 28.9 Å². The molecule has 0 aliphatic heterocycles. The van der Waals surface area contributed by atoms with Crippen molar-refractivity contribution in [3.05, 3.63) is 53.5 Å². The third-order valence-electron chi connectivity index (χ3n) is 3.53. The van der Waals surface area contributed by atoms with Gasteiger partial charge < -0.3 is 16.4 Å². The third kappa shape index (κ3) is 2.74. The van der Waals surface area contributed by atoms with E-state index in [0.717, 1.165) is 5.69 Å². The second kappa shape index (κ2) is 5.69. The Labute approximate surface area is 133 Å². The Balaban J connectivity index is 2.19. The first-order valence-corrected chi connectivity index (χ1v) is 7.13. The molecule has 0 aliphatic rings. The Morgan fingerprint density at radius 2 is 2.04 bits per heavy atom. The van der Waals surface area contributed by atoms with E-state index in [2.05, 4.69) is 10.1 Å². The van der Waals surface area contributed by atoms with Crippen LogP contribution in [0.2, 0.25) is 0 Å². The lowest BCUT2D eigenvalue weighted by atomic mass is 10.0. The van der Waals surface area contributed by atoms with E-state index in [-0.39, 0.29) is 11.6 Å². The zero-order valence-corrected chi connectivity index (χ0v) is 13.0. The fourth-order valence-electron chi connectivity index (χ4n) is 2.58. The van der Waals surface area contributed by atoms with Crippen molar-refractivity contribution in [1.29, 1.82) is 0 Å². The molecular formula is C16H18N6O. The maximum atomic E-state index is 12.9. The molecule has 0 saturated heterocycles. The lowest BCUT2D eigenvalue weighted by Gasteiger charge is -2.08. The number of rotatable bonds is 4. The normalized spacial score (nSPS) is 11.3. The summed E-state index contributed by atoms with van der Waals surface area (Å²) in [6, 6.07) is 8.68. The summed E-state index contributed by atoms with van der Waals surface area (Å²) in [6.45, 7) is 0.627. The van der Waals surface area contributed by atoms with Crippen LogP contribution in [0.25, 0.3) is 5.52 Å². The fraction of sp³-hybridized carbons (Fsp3) is 0.188. The number of carbonyl (C=O) groups excluding carboxylic acids is 1. The summed E-state index contributed by atoms with van der Waals surface area (Å²) in [7, 11) is 3.90. The average molecular weight is 310 g/mol. The molecule has 7 nitrogen and oxygen atoms in total. The predicted molar refractivity (Wildman–Crippen MR) is 89.1 cm³/mol. The van der Waals surface area contributed by atoms with Gasteiger partial charge in [0, 0.05) is 17.8 Å². The lowest BCUT2D eigenvalue weighted by Crippen LogP contribution is -2.13. The third-order valence-corrected chi connectivity index (χ3v) is 3.53. The first-order valence-electron chi connectivity index (χ1n) is 7.13. The molecule has 2 aromatic heterocycles. The van der Waals surface area contributed by atoms with E-state index < -0.39 is 0 Å². The zero-order valence-electron chi connectivity index (χ0n) is 13.0. The number of fused-ring (bicyclic) bond motifs is 1.